The van der Waals surface area contributed by atoms with Gasteiger partial charge in [-0.05, 0) is 88.3 Å². The first kappa shape index (κ1) is 59.7. The number of fused-ring (bicyclic) bond motifs is 1. The average molecular weight is 1000 g/mol. The molecule has 2 saturated heterocycles. The Morgan fingerprint density at radius 3 is 2.15 bits per heavy atom. The molecule has 11 atom stereocenters. The number of benzene rings is 1. The van der Waals surface area contributed by atoms with E-state index in [2.05, 4.69) is 16.0 Å². The first-order chi connectivity index (χ1) is 33.3. The van der Waals surface area contributed by atoms with Crippen LogP contribution in [0.15, 0.2) is 24.3 Å². The Labute approximate surface area is 418 Å². The first-order valence-corrected chi connectivity index (χ1v) is 25.0. The smallest absolute Gasteiger partial charge is 0.329 e. The number of esters is 2. The van der Waals surface area contributed by atoms with E-state index in [9.17, 15) is 53.4 Å². The molecule has 20 nitrogen and oxygen atoms in total. The van der Waals surface area contributed by atoms with Crippen LogP contribution in [0.2, 0.25) is 0 Å². The van der Waals surface area contributed by atoms with Crippen molar-refractivity contribution in [2.45, 2.75) is 175 Å². The van der Waals surface area contributed by atoms with Gasteiger partial charge in [0.25, 0.3) is 5.91 Å². The highest BCUT2D eigenvalue weighted by Crippen LogP contribution is 2.26. The molecular formula is C51H80N6O14. The summed E-state index contributed by atoms with van der Waals surface area (Å²) in [5, 5.41) is 29.5. The fourth-order valence-electron chi connectivity index (χ4n) is 8.78. The van der Waals surface area contributed by atoms with E-state index in [0.29, 0.717) is 30.6 Å². The highest BCUT2D eigenvalue weighted by Gasteiger charge is 2.44. The number of likely N-dealkylation sites (N-methyl/N-ethyl adjacent to an activating group) is 2. The molecule has 0 aromatic heterocycles. The topological polar surface area (TPSA) is 268 Å². The lowest BCUT2D eigenvalue weighted by atomic mass is 9.91. The van der Waals surface area contributed by atoms with E-state index in [1.165, 1.54) is 56.7 Å². The third-order valence-corrected chi connectivity index (χ3v) is 13.4. The Morgan fingerprint density at radius 2 is 1.58 bits per heavy atom. The van der Waals surface area contributed by atoms with Gasteiger partial charge in [-0.15, -0.1) is 0 Å². The number of hydrogen-bond acceptors (Lipinski definition) is 14. The molecule has 0 unspecified atom stereocenters. The number of carbonyl (C=O) groups excluding carboxylic acids is 9. The van der Waals surface area contributed by atoms with Crippen molar-refractivity contribution in [3.05, 3.63) is 29.8 Å². The number of methoxy groups -OCH3 is 1. The van der Waals surface area contributed by atoms with Gasteiger partial charge < -0.3 is 55.1 Å². The SMILES string of the molecule is CC[C@H](C)[C@H]1NC(=O)[C@@H](NC(=O)CCCCN(C)C(=O)[C@H](C)O)[C@H](C)OC(=O)[C@H](Cc2ccc(OC)cc2)N(C)C(=O)[C@@H]2CCCN2C(=O)[C@@H](CC(C)C)NC(=O)[C@@H](C)C(=O)[C@@H](C(C)C)OC(=O)C[C@H]1O. The number of unbranched alkanes of at least 4 members (excludes halogenated alkanes) is 1. The maximum Gasteiger partial charge on any atom is 0.329 e. The number of aliphatic hydroxyl groups excluding tert-OH is 2. The van der Waals surface area contributed by atoms with Gasteiger partial charge >= 0.3 is 11.9 Å². The van der Waals surface area contributed by atoms with E-state index < -0.39 is 132 Å². The molecule has 0 bridgehead atoms. The minimum atomic E-state index is -1.59. The number of rotatable bonds is 15. The summed E-state index contributed by atoms with van der Waals surface area (Å²) in [6.45, 7) is 15.0. The molecule has 2 aliphatic rings. The molecule has 71 heavy (non-hydrogen) atoms. The van der Waals surface area contributed by atoms with Crippen molar-refractivity contribution < 1.29 is 67.6 Å². The van der Waals surface area contributed by atoms with Crippen LogP contribution in [0.25, 0.3) is 0 Å². The second-order valence-corrected chi connectivity index (χ2v) is 19.9. The number of hydrogen-bond donors (Lipinski definition) is 5. The lowest BCUT2D eigenvalue weighted by molar-refractivity contribution is -0.163. The second-order valence-electron chi connectivity index (χ2n) is 19.9. The average Bonchev–Trinajstić information content (AvgIpc) is 3.82. The molecule has 5 N–H and O–H groups in total. The molecule has 0 spiro atoms. The predicted octanol–water partition coefficient (Wildman–Crippen LogP) is 2.08. The van der Waals surface area contributed by atoms with E-state index in [4.69, 9.17) is 14.2 Å². The maximum absolute atomic E-state index is 14.7. The molecule has 398 valence electrons. The van der Waals surface area contributed by atoms with Crippen LogP contribution in [-0.4, -0.2) is 167 Å². The molecule has 1 aromatic carbocycles. The van der Waals surface area contributed by atoms with Crippen LogP contribution in [0.4, 0.5) is 0 Å². The lowest BCUT2D eigenvalue weighted by Gasteiger charge is -2.35. The zero-order chi connectivity index (χ0) is 53.4. The third kappa shape index (κ3) is 17.0. The molecule has 20 heteroatoms. The van der Waals surface area contributed by atoms with Crippen LogP contribution in [-0.2, 0) is 59.0 Å². The molecule has 3 rings (SSSR count). The van der Waals surface area contributed by atoms with Crippen LogP contribution in [0.3, 0.4) is 0 Å². The predicted molar refractivity (Wildman–Crippen MR) is 261 cm³/mol. The fraction of sp³-hybridized carbons (Fsp3) is 0.706. The number of ketones is 1. The summed E-state index contributed by atoms with van der Waals surface area (Å²) in [5.74, 6) is -8.66. The third-order valence-electron chi connectivity index (χ3n) is 13.4. The Balaban J connectivity index is 2.16. The minimum absolute atomic E-state index is 0.0820. The number of ether oxygens (including phenoxy) is 3. The fourth-order valence-corrected chi connectivity index (χ4v) is 8.78. The van der Waals surface area contributed by atoms with Crippen LogP contribution in [0.5, 0.6) is 5.75 Å². The Morgan fingerprint density at radius 1 is 0.930 bits per heavy atom. The molecule has 0 saturated carbocycles. The Hall–Kier alpha value is -5.63. The summed E-state index contributed by atoms with van der Waals surface area (Å²) in [4.78, 5) is 129. The van der Waals surface area contributed by atoms with Crippen molar-refractivity contribution in [2.24, 2.45) is 23.7 Å². The monoisotopic (exact) mass is 1000 g/mol. The van der Waals surface area contributed by atoms with Gasteiger partial charge in [0.1, 0.15) is 42.1 Å². The van der Waals surface area contributed by atoms with Crippen molar-refractivity contribution in [3.63, 3.8) is 0 Å². The molecule has 0 aliphatic carbocycles. The number of aliphatic hydroxyl groups is 2. The normalized spacial score (nSPS) is 26.8. The number of nitrogens with zero attached hydrogens (tertiary/aromatic N) is 3. The molecule has 6 amide bonds. The largest absolute Gasteiger partial charge is 0.497 e. The Bertz CT molecular complexity index is 2010. The summed E-state index contributed by atoms with van der Waals surface area (Å²) in [6.07, 6.45) is -4.66. The zero-order valence-corrected chi connectivity index (χ0v) is 43.7. The van der Waals surface area contributed by atoms with E-state index in [1.54, 1.807) is 52.0 Å². The highest BCUT2D eigenvalue weighted by atomic mass is 16.6. The van der Waals surface area contributed by atoms with Crippen molar-refractivity contribution >= 4 is 53.2 Å². The van der Waals surface area contributed by atoms with Gasteiger partial charge in [0.2, 0.25) is 29.5 Å². The van der Waals surface area contributed by atoms with Crippen LogP contribution < -0.4 is 20.7 Å². The van der Waals surface area contributed by atoms with Gasteiger partial charge in [-0.25, -0.2) is 4.79 Å². The van der Waals surface area contributed by atoms with Crippen molar-refractivity contribution in [2.75, 3.05) is 34.3 Å². The van der Waals surface area contributed by atoms with Crippen molar-refractivity contribution in [1.29, 1.82) is 0 Å². The summed E-state index contributed by atoms with van der Waals surface area (Å²) >= 11 is 0. The van der Waals surface area contributed by atoms with Crippen LogP contribution in [0.1, 0.15) is 119 Å². The summed E-state index contributed by atoms with van der Waals surface area (Å²) < 4.78 is 17.0. The van der Waals surface area contributed by atoms with Gasteiger partial charge in [-0.3, -0.25) is 38.4 Å². The van der Waals surface area contributed by atoms with Gasteiger partial charge in [-0.1, -0.05) is 60.1 Å². The maximum atomic E-state index is 14.7. The van der Waals surface area contributed by atoms with Gasteiger partial charge in [0.05, 0.1) is 31.6 Å². The number of nitrogens with one attached hydrogen (secondary N) is 3. The second kappa shape index (κ2) is 27.8. The molecular weight excluding hydrogens is 921 g/mol. The molecule has 2 heterocycles. The minimum Gasteiger partial charge on any atom is -0.497 e. The molecule has 2 aliphatic heterocycles. The Kier molecular flexibility index (Phi) is 23.4. The van der Waals surface area contributed by atoms with E-state index in [1.807, 2.05) is 13.8 Å². The van der Waals surface area contributed by atoms with Crippen molar-refractivity contribution in [3.8, 4) is 5.75 Å². The molecule has 0 radical (unpaired) electrons. The number of Topliss-reactive ketones (excluding diaryl/α,β-unsaturated/α-hetero) is 1. The molecule has 1 aromatic rings. The number of carbonyl (C=O) groups is 9. The summed E-state index contributed by atoms with van der Waals surface area (Å²) in [6, 6.07) is 0.514. The van der Waals surface area contributed by atoms with E-state index in [0.717, 1.165) is 0 Å². The number of cyclic esters (lactones) is 2. The zero-order valence-electron chi connectivity index (χ0n) is 43.7. The number of amides is 6. The summed E-state index contributed by atoms with van der Waals surface area (Å²) in [5.41, 5.74) is 0.604. The lowest BCUT2D eigenvalue weighted by Crippen LogP contribution is -2.59. The van der Waals surface area contributed by atoms with Gasteiger partial charge in [0, 0.05) is 40.0 Å². The van der Waals surface area contributed by atoms with Gasteiger partial charge in [0.15, 0.2) is 11.9 Å². The van der Waals surface area contributed by atoms with Crippen molar-refractivity contribution in [1.82, 2.24) is 30.7 Å². The van der Waals surface area contributed by atoms with Crippen LogP contribution in [0, 0.1) is 23.7 Å². The van der Waals surface area contributed by atoms with Crippen LogP contribution >= 0.6 is 0 Å². The highest BCUT2D eigenvalue weighted by molar-refractivity contribution is 6.05. The summed E-state index contributed by atoms with van der Waals surface area (Å²) in [7, 11) is 4.43. The quantitative estimate of drug-likeness (QED) is 0.0958. The standard InChI is InChI=1S/C51H80N6O14/c1-13-30(6)42-39(59)27-41(61)71-45(29(4)5)44(62)31(7)46(63)52-36(25-28(2)3)49(66)57-24-16-17-37(57)50(67)56(11)38(26-34-19-21-35(69-12)22-20-34)51(68)70-33(9)43(47(64)54-42)53-40(60)18-14-15-23-55(10)48(65)32(8)58/h19-22,28-33,36-39,42-43,45,58-59H,13-18,23-27H2,1-12H3,(H,52,63)(H,53,60)(H,54,64)/t30-,31-,32-,33-,36+,37-,38-,39+,42+,43-,45+/m0/s1. The first-order valence-electron chi connectivity index (χ1n) is 25.0. The molecule has 2 fully saturated rings. The van der Waals surface area contributed by atoms with Gasteiger partial charge in [-0.2, -0.15) is 0 Å². The van der Waals surface area contributed by atoms with E-state index >= 15 is 0 Å². The van der Waals surface area contributed by atoms with E-state index in [-0.39, 0.29) is 51.1 Å².